The Morgan fingerprint density at radius 1 is 1.13 bits per heavy atom. The molecule has 0 saturated heterocycles. The molecule has 0 saturated carbocycles. The van der Waals surface area contributed by atoms with Crippen LogP contribution in [0, 0.1) is 10.4 Å². The quantitative estimate of drug-likeness (QED) is 0.689. The molecule has 2 aliphatic rings. The van der Waals surface area contributed by atoms with Crippen molar-refractivity contribution < 1.29 is 5.11 Å². The normalized spacial score (nSPS) is 15.2. The van der Waals surface area contributed by atoms with Gasteiger partial charge in [0.15, 0.2) is 0 Å². The summed E-state index contributed by atoms with van der Waals surface area (Å²) in [5, 5.41) is 14.2. The predicted octanol–water partition coefficient (Wildman–Crippen LogP) is 4.61. The third kappa shape index (κ3) is 4.88. The van der Waals surface area contributed by atoms with E-state index in [9.17, 15) is 5.11 Å². The van der Waals surface area contributed by atoms with Gasteiger partial charge in [-0.3, -0.25) is 0 Å². The SMILES string of the molecule is CC(SCc1ccc(Cl)cc1Cl)C(C)(O)CN.c1cc2ccc1=2. The van der Waals surface area contributed by atoms with E-state index in [0.29, 0.717) is 10.0 Å². The fourth-order valence-corrected chi connectivity index (χ4v) is 3.55. The second-order valence-corrected chi connectivity index (χ2v) is 8.00. The van der Waals surface area contributed by atoms with Crippen LogP contribution in [0.15, 0.2) is 42.5 Å². The number of benzene rings is 2. The Balaban J connectivity index is 0.000000260. The van der Waals surface area contributed by atoms with E-state index >= 15 is 0 Å². The maximum atomic E-state index is 9.98. The van der Waals surface area contributed by atoms with Gasteiger partial charge in [0, 0.05) is 27.6 Å². The van der Waals surface area contributed by atoms with E-state index < -0.39 is 5.60 Å². The van der Waals surface area contributed by atoms with E-state index in [4.69, 9.17) is 28.9 Å². The van der Waals surface area contributed by atoms with Crippen molar-refractivity contribution in [2.75, 3.05) is 6.54 Å². The minimum Gasteiger partial charge on any atom is -0.388 e. The molecule has 3 N–H and O–H groups in total. The van der Waals surface area contributed by atoms with Crippen LogP contribution in [0.25, 0.3) is 0 Å². The molecular formula is C18H21Cl2NOS. The fraction of sp³-hybridized carbons (Fsp3) is 0.333. The standard InChI is InChI=1S/C12H17Cl2NOS.C6H4/c1-8(12(2,16)7-15)17-6-9-3-4-10(13)5-11(9)14;1-2-6-4-3-5(1)6/h3-5,8,16H,6-7,15H2,1-2H3;1-4H. The summed E-state index contributed by atoms with van der Waals surface area (Å²) in [5.74, 6) is 0.729. The largest absolute Gasteiger partial charge is 0.388 e. The van der Waals surface area contributed by atoms with Crippen LogP contribution in [0.1, 0.15) is 19.4 Å². The lowest BCUT2D eigenvalue weighted by Crippen LogP contribution is -2.42. The smallest absolute Gasteiger partial charge is 0.0856 e. The highest BCUT2D eigenvalue weighted by Crippen LogP contribution is 2.29. The topological polar surface area (TPSA) is 46.2 Å². The van der Waals surface area contributed by atoms with Crippen molar-refractivity contribution in [1.29, 1.82) is 0 Å². The monoisotopic (exact) mass is 369 g/mol. The highest BCUT2D eigenvalue weighted by Gasteiger charge is 2.26. The van der Waals surface area contributed by atoms with Crippen LogP contribution < -0.4 is 5.73 Å². The lowest BCUT2D eigenvalue weighted by molar-refractivity contribution is 0.0711. The predicted molar refractivity (Wildman–Crippen MR) is 101 cm³/mol. The third-order valence-corrected chi connectivity index (χ3v) is 6.08. The molecule has 0 fully saturated rings. The van der Waals surface area contributed by atoms with Crippen molar-refractivity contribution in [3.8, 4) is 0 Å². The van der Waals surface area contributed by atoms with Crippen LogP contribution >= 0.6 is 35.0 Å². The van der Waals surface area contributed by atoms with Gasteiger partial charge in [-0.15, -0.1) is 0 Å². The van der Waals surface area contributed by atoms with Gasteiger partial charge in [0.1, 0.15) is 0 Å². The minimum atomic E-state index is -0.858. The first kappa shape index (κ1) is 18.6. The summed E-state index contributed by atoms with van der Waals surface area (Å²) in [6.07, 6.45) is 0. The van der Waals surface area contributed by atoms with E-state index in [1.54, 1.807) is 24.8 Å². The zero-order chi connectivity index (χ0) is 17.0. The number of nitrogens with two attached hydrogens (primary N) is 1. The molecule has 0 heterocycles. The fourth-order valence-electron chi connectivity index (χ4n) is 1.86. The van der Waals surface area contributed by atoms with E-state index in [1.165, 1.54) is 10.4 Å². The number of hydrogen-bond donors (Lipinski definition) is 2. The molecule has 2 aliphatic carbocycles. The molecular weight excluding hydrogens is 349 g/mol. The van der Waals surface area contributed by atoms with Gasteiger partial charge in [-0.05, 0) is 35.1 Å². The molecule has 0 aromatic heterocycles. The average Bonchev–Trinajstić information content (AvgIpc) is 2.50. The summed E-state index contributed by atoms with van der Waals surface area (Å²) in [6.45, 7) is 3.95. The summed E-state index contributed by atoms with van der Waals surface area (Å²) in [4.78, 5) is 0. The Labute approximate surface area is 151 Å². The van der Waals surface area contributed by atoms with Crippen LogP contribution in [-0.2, 0) is 5.75 Å². The molecule has 0 radical (unpaired) electrons. The summed E-state index contributed by atoms with van der Waals surface area (Å²) < 4.78 is 0. The Morgan fingerprint density at radius 2 is 1.70 bits per heavy atom. The Kier molecular flexibility index (Phi) is 6.40. The van der Waals surface area contributed by atoms with Gasteiger partial charge in [0.25, 0.3) is 0 Å². The van der Waals surface area contributed by atoms with Gasteiger partial charge in [0.2, 0.25) is 0 Å². The van der Waals surface area contributed by atoms with Crippen LogP contribution in [-0.4, -0.2) is 22.5 Å². The van der Waals surface area contributed by atoms with Crippen molar-refractivity contribution in [3.05, 3.63) is 68.5 Å². The van der Waals surface area contributed by atoms with Crippen molar-refractivity contribution >= 4 is 35.0 Å². The van der Waals surface area contributed by atoms with Gasteiger partial charge in [-0.2, -0.15) is 11.8 Å². The molecule has 0 aliphatic heterocycles. The zero-order valence-corrected chi connectivity index (χ0v) is 15.6. The lowest BCUT2D eigenvalue weighted by atomic mass is 10.0. The molecule has 124 valence electrons. The van der Waals surface area contributed by atoms with Crippen molar-refractivity contribution in [2.45, 2.75) is 30.5 Å². The molecule has 0 spiro atoms. The van der Waals surface area contributed by atoms with Crippen molar-refractivity contribution in [3.63, 3.8) is 0 Å². The Morgan fingerprint density at radius 3 is 2.09 bits per heavy atom. The van der Waals surface area contributed by atoms with Crippen LogP contribution in [0.2, 0.25) is 10.0 Å². The summed E-state index contributed by atoms with van der Waals surface area (Å²) >= 11 is 13.5. The lowest BCUT2D eigenvalue weighted by Gasteiger charge is -2.28. The minimum absolute atomic E-state index is 0.0410. The second-order valence-electron chi connectivity index (χ2n) is 5.83. The maximum absolute atomic E-state index is 9.98. The average molecular weight is 370 g/mol. The molecule has 2 nitrogen and oxygen atoms in total. The van der Waals surface area contributed by atoms with Gasteiger partial charge >= 0.3 is 0 Å². The van der Waals surface area contributed by atoms with E-state index in [-0.39, 0.29) is 11.8 Å². The van der Waals surface area contributed by atoms with Gasteiger partial charge < -0.3 is 10.8 Å². The molecule has 1 aromatic rings. The van der Waals surface area contributed by atoms with Crippen LogP contribution in [0.4, 0.5) is 0 Å². The van der Waals surface area contributed by atoms with Gasteiger partial charge in [-0.1, -0.05) is 60.5 Å². The number of halogens is 2. The molecule has 5 heteroatoms. The number of hydrogen-bond acceptors (Lipinski definition) is 3. The highest BCUT2D eigenvalue weighted by atomic mass is 35.5. The Bertz CT molecular complexity index is 714. The first-order chi connectivity index (χ1) is 10.8. The molecule has 2 atom stereocenters. The molecule has 0 amide bonds. The van der Waals surface area contributed by atoms with Crippen LogP contribution in [0.5, 0.6) is 0 Å². The third-order valence-electron chi connectivity index (χ3n) is 4.01. The van der Waals surface area contributed by atoms with E-state index in [0.717, 1.165) is 11.3 Å². The molecule has 0 bridgehead atoms. The van der Waals surface area contributed by atoms with Crippen molar-refractivity contribution in [2.24, 2.45) is 5.73 Å². The summed E-state index contributed by atoms with van der Waals surface area (Å²) in [6, 6.07) is 13.9. The number of aliphatic hydroxyl groups is 1. The van der Waals surface area contributed by atoms with Crippen LogP contribution in [0.3, 0.4) is 0 Å². The van der Waals surface area contributed by atoms with Crippen molar-refractivity contribution in [1.82, 2.24) is 0 Å². The highest BCUT2D eigenvalue weighted by molar-refractivity contribution is 7.99. The zero-order valence-electron chi connectivity index (χ0n) is 13.2. The molecule has 1 aromatic carbocycles. The molecule has 2 unspecified atom stereocenters. The number of thioether (sulfide) groups is 1. The molecule has 23 heavy (non-hydrogen) atoms. The van der Waals surface area contributed by atoms with Gasteiger partial charge in [-0.25, -0.2) is 0 Å². The number of rotatable bonds is 5. The summed E-state index contributed by atoms with van der Waals surface area (Å²) in [7, 11) is 0. The van der Waals surface area contributed by atoms with Gasteiger partial charge in [0.05, 0.1) is 5.60 Å². The Hall–Kier alpha value is -0.710. The molecule has 3 rings (SSSR count). The second kappa shape index (κ2) is 7.91. The van der Waals surface area contributed by atoms with E-state index in [2.05, 4.69) is 24.3 Å². The summed E-state index contributed by atoms with van der Waals surface area (Å²) in [5.41, 5.74) is 5.68. The first-order valence-electron chi connectivity index (χ1n) is 7.42. The maximum Gasteiger partial charge on any atom is 0.0856 e. The van der Waals surface area contributed by atoms with E-state index in [1.807, 2.05) is 19.1 Å². The first-order valence-corrected chi connectivity index (χ1v) is 9.22.